The summed E-state index contributed by atoms with van der Waals surface area (Å²) in [4.78, 5) is 0. The van der Waals surface area contributed by atoms with Crippen molar-refractivity contribution in [2.45, 2.75) is 53.4 Å². The molecule has 0 amide bonds. The summed E-state index contributed by atoms with van der Waals surface area (Å²) in [7, 11) is 0. The van der Waals surface area contributed by atoms with E-state index < -0.39 is 0 Å². The van der Waals surface area contributed by atoms with Gasteiger partial charge in [-0.25, -0.2) is 0 Å². The van der Waals surface area contributed by atoms with Gasteiger partial charge in [0.2, 0.25) is 0 Å². The molecular weight excluding hydrogens is 192 g/mol. The maximum Gasteiger partial charge on any atom is -0.0285 e. The molecule has 1 radical (unpaired) electrons. The molecule has 0 nitrogen and oxygen atoms in total. The summed E-state index contributed by atoms with van der Waals surface area (Å²) in [6.07, 6.45) is 12.8. The first-order valence-electron chi connectivity index (χ1n) is 6.06. The summed E-state index contributed by atoms with van der Waals surface area (Å²) in [5.74, 6) is 0. The normalized spacial score (nSPS) is 12.5. The number of hydrogen-bond acceptors (Lipinski definition) is 0. The molecule has 0 N–H and O–H groups in total. The molecule has 0 atom stereocenters. The van der Waals surface area contributed by atoms with Crippen LogP contribution in [0.1, 0.15) is 53.4 Å². The predicted octanol–water partition coefficient (Wildman–Crippen LogP) is 5.39. The minimum absolute atomic E-state index is 1.10. The second kappa shape index (κ2) is 9.21. The molecule has 0 fully saturated rings. The third kappa shape index (κ3) is 9.51. The lowest BCUT2D eigenvalue weighted by atomic mass is 10.1. The van der Waals surface area contributed by atoms with E-state index in [2.05, 4.69) is 39.8 Å². The van der Waals surface area contributed by atoms with Crippen LogP contribution in [0.5, 0.6) is 0 Å². The Balaban J connectivity index is 3.83. The van der Waals surface area contributed by atoms with Crippen LogP contribution in [-0.2, 0) is 0 Å². The Bertz CT molecular complexity index is 283. The summed E-state index contributed by atoms with van der Waals surface area (Å²) >= 11 is 0. The van der Waals surface area contributed by atoms with Gasteiger partial charge in [0, 0.05) is 0 Å². The van der Waals surface area contributed by atoms with Crippen LogP contribution in [0.3, 0.4) is 0 Å². The average molecular weight is 217 g/mol. The van der Waals surface area contributed by atoms with Crippen molar-refractivity contribution in [1.29, 1.82) is 0 Å². The van der Waals surface area contributed by atoms with Gasteiger partial charge in [0.05, 0.1) is 0 Å². The lowest BCUT2D eigenvalue weighted by Crippen LogP contribution is -1.80. The van der Waals surface area contributed by atoms with E-state index in [-0.39, 0.29) is 0 Å². The van der Waals surface area contributed by atoms with Crippen molar-refractivity contribution in [3.63, 3.8) is 0 Å². The average Bonchev–Trinajstić information content (AvgIpc) is 2.17. The topological polar surface area (TPSA) is 0 Å². The van der Waals surface area contributed by atoms with Gasteiger partial charge in [-0.3, -0.25) is 0 Å². The third-order valence-electron chi connectivity index (χ3n) is 2.50. The van der Waals surface area contributed by atoms with Crippen LogP contribution in [0.4, 0.5) is 0 Å². The SMILES string of the molecule is [CH]=CC=C(C)CCC=C(C)CCC=C(C)C. The van der Waals surface area contributed by atoms with E-state index in [1.807, 2.05) is 6.08 Å². The monoisotopic (exact) mass is 217 g/mol. The highest BCUT2D eigenvalue weighted by molar-refractivity contribution is 5.09. The summed E-state index contributed by atoms with van der Waals surface area (Å²) in [6.45, 7) is 14.0. The van der Waals surface area contributed by atoms with Crippen LogP contribution >= 0.6 is 0 Å². The molecule has 0 unspecified atom stereocenters. The Morgan fingerprint density at radius 1 is 0.875 bits per heavy atom. The van der Waals surface area contributed by atoms with Gasteiger partial charge in [-0.2, -0.15) is 0 Å². The van der Waals surface area contributed by atoms with Gasteiger partial charge in [0.1, 0.15) is 0 Å². The van der Waals surface area contributed by atoms with Crippen LogP contribution in [0, 0.1) is 6.58 Å². The van der Waals surface area contributed by atoms with E-state index in [1.54, 1.807) is 6.08 Å². The first-order chi connectivity index (χ1) is 7.56. The molecule has 89 valence electrons. The van der Waals surface area contributed by atoms with Crippen molar-refractivity contribution >= 4 is 0 Å². The van der Waals surface area contributed by atoms with Crippen LogP contribution in [0.25, 0.3) is 0 Å². The molecule has 0 saturated heterocycles. The maximum atomic E-state index is 5.33. The zero-order valence-electron chi connectivity index (χ0n) is 11.2. The number of allylic oxidation sites excluding steroid dienone is 7. The minimum Gasteiger partial charge on any atom is -0.0856 e. The van der Waals surface area contributed by atoms with E-state index in [9.17, 15) is 0 Å². The predicted molar refractivity (Wildman–Crippen MR) is 74.3 cm³/mol. The van der Waals surface area contributed by atoms with Gasteiger partial charge in [0.25, 0.3) is 0 Å². The van der Waals surface area contributed by atoms with Crippen LogP contribution in [-0.4, -0.2) is 0 Å². The Kier molecular flexibility index (Phi) is 8.61. The molecule has 0 rings (SSSR count). The van der Waals surface area contributed by atoms with Crippen molar-refractivity contribution in [1.82, 2.24) is 0 Å². The smallest absolute Gasteiger partial charge is 0.0285 e. The van der Waals surface area contributed by atoms with Gasteiger partial charge in [-0.15, -0.1) is 0 Å². The van der Waals surface area contributed by atoms with Crippen LogP contribution in [0.2, 0.25) is 0 Å². The molecule has 0 aliphatic rings. The molecule has 0 heterocycles. The van der Waals surface area contributed by atoms with E-state index in [1.165, 1.54) is 23.1 Å². The fourth-order valence-corrected chi connectivity index (χ4v) is 1.48. The summed E-state index contributed by atoms with van der Waals surface area (Å²) in [6, 6.07) is 0. The molecule has 0 saturated carbocycles. The fraction of sp³-hybridized carbons (Fsp3) is 0.500. The Hall–Kier alpha value is -1.04. The van der Waals surface area contributed by atoms with E-state index in [0.29, 0.717) is 0 Å². The third-order valence-corrected chi connectivity index (χ3v) is 2.50. The zero-order chi connectivity index (χ0) is 12.4. The highest BCUT2D eigenvalue weighted by Crippen LogP contribution is 2.11. The van der Waals surface area contributed by atoms with Crippen LogP contribution in [0.15, 0.2) is 41.0 Å². The highest BCUT2D eigenvalue weighted by Gasteiger charge is 1.90. The van der Waals surface area contributed by atoms with Gasteiger partial charge >= 0.3 is 0 Å². The first kappa shape index (κ1) is 15.0. The van der Waals surface area contributed by atoms with E-state index >= 15 is 0 Å². The van der Waals surface area contributed by atoms with Crippen molar-refractivity contribution in [3.8, 4) is 0 Å². The molecule has 0 spiro atoms. The van der Waals surface area contributed by atoms with Crippen LogP contribution < -0.4 is 0 Å². The Morgan fingerprint density at radius 2 is 1.44 bits per heavy atom. The largest absolute Gasteiger partial charge is 0.0856 e. The quantitative estimate of drug-likeness (QED) is 0.396. The zero-order valence-corrected chi connectivity index (χ0v) is 11.2. The standard InChI is InChI=1S/C16H25/c1-6-9-15(4)12-8-13-16(5)11-7-10-14(2)3/h1,6,9-10,13H,7-8,11-12H2,2-5H3. The molecule has 0 bridgehead atoms. The molecule has 0 heteroatoms. The van der Waals surface area contributed by atoms with Gasteiger partial charge < -0.3 is 0 Å². The molecule has 0 aromatic heterocycles. The molecule has 0 aromatic rings. The van der Waals surface area contributed by atoms with Gasteiger partial charge in [-0.1, -0.05) is 47.6 Å². The maximum absolute atomic E-state index is 5.33. The Labute approximate surface area is 101 Å². The first-order valence-corrected chi connectivity index (χ1v) is 6.06. The summed E-state index contributed by atoms with van der Waals surface area (Å²) in [5, 5.41) is 0. The van der Waals surface area contributed by atoms with Gasteiger partial charge in [0.15, 0.2) is 0 Å². The molecular formula is C16H25. The number of hydrogen-bond donors (Lipinski definition) is 0. The molecule has 0 aliphatic heterocycles. The fourth-order valence-electron chi connectivity index (χ4n) is 1.48. The molecule has 16 heavy (non-hydrogen) atoms. The van der Waals surface area contributed by atoms with Gasteiger partial charge in [-0.05, 0) is 53.4 Å². The van der Waals surface area contributed by atoms with Crippen molar-refractivity contribution in [3.05, 3.63) is 47.6 Å². The summed E-state index contributed by atoms with van der Waals surface area (Å²) in [5.41, 5.74) is 4.24. The van der Waals surface area contributed by atoms with Crippen molar-refractivity contribution in [2.24, 2.45) is 0 Å². The lowest BCUT2D eigenvalue weighted by Gasteiger charge is -2.00. The lowest BCUT2D eigenvalue weighted by molar-refractivity contribution is 0.918. The molecule has 0 aliphatic carbocycles. The van der Waals surface area contributed by atoms with Crippen molar-refractivity contribution in [2.75, 3.05) is 0 Å². The minimum atomic E-state index is 1.10. The number of rotatable bonds is 7. The van der Waals surface area contributed by atoms with E-state index in [0.717, 1.165) is 19.3 Å². The van der Waals surface area contributed by atoms with Crippen molar-refractivity contribution < 1.29 is 0 Å². The Morgan fingerprint density at radius 3 is 2.00 bits per heavy atom. The van der Waals surface area contributed by atoms with E-state index in [4.69, 9.17) is 6.58 Å². The second-order valence-corrected chi connectivity index (χ2v) is 4.61. The highest BCUT2D eigenvalue weighted by atomic mass is 14.0. The summed E-state index contributed by atoms with van der Waals surface area (Å²) < 4.78 is 0. The molecule has 0 aromatic carbocycles. The second-order valence-electron chi connectivity index (χ2n) is 4.61.